The summed E-state index contributed by atoms with van der Waals surface area (Å²) in [5, 5.41) is 4.47. The highest BCUT2D eigenvalue weighted by Crippen LogP contribution is 2.27. The number of pyridine rings is 1. The van der Waals surface area contributed by atoms with E-state index >= 15 is 0 Å². The van der Waals surface area contributed by atoms with Gasteiger partial charge in [-0.05, 0) is 36.2 Å². The van der Waals surface area contributed by atoms with Gasteiger partial charge in [0.15, 0.2) is 5.13 Å². The minimum Gasteiger partial charge on any atom is -0.352 e. The van der Waals surface area contributed by atoms with Gasteiger partial charge in [0.05, 0.1) is 0 Å². The van der Waals surface area contributed by atoms with Crippen LogP contribution in [0.1, 0.15) is 24.8 Å². The molecule has 0 spiro atoms. The summed E-state index contributed by atoms with van der Waals surface area (Å²) in [6.07, 6.45) is 3.06. The number of thiazole rings is 1. The van der Waals surface area contributed by atoms with Crippen LogP contribution in [0.3, 0.4) is 0 Å². The van der Waals surface area contributed by atoms with Crippen LogP contribution in [0.15, 0.2) is 42.6 Å². The summed E-state index contributed by atoms with van der Waals surface area (Å²) in [5.74, 6) is -0.101. The molecule has 1 aliphatic heterocycles. The SMILES string of the molecule is O=C(CCC(=O)N1CCCN(c2nc3cccnc3s2)CC1)NCc1ccc(Cl)cc1. The highest BCUT2D eigenvalue weighted by molar-refractivity contribution is 7.21. The first-order valence-corrected chi connectivity index (χ1v) is 11.5. The number of hydrogen-bond acceptors (Lipinski definition) is 6. The standard InChI is InChI=1S/C22H24ClN5O2S/c23-17-6-4-16(5-7-17)15-25-19(29)8-9-20(30)27-11-2-12-28(14-13-27)22-26-18-3-1-10-24-21(18)31-22/h1,3-7,10H,2,8-9,11-15H2,(H,25,29). The van der Waals surface area contributed by atoms with Crippen molar-refractivity contribution in [3.05, 3.63) is 53.2 Å². The molecule has 3 heterocycles. The van der Waals surface area contributed by atoms with Crippen LogP contribution in [0.25, 0.3) is 10.3 Å². The third-order valence-corrected chi connectivity index (χ3v) is 6.54. The van der Waals surface area contributed by atoms with E-state index in [0.29, 0.717) is 24.7 Å². The molecule has 1 N–H and O–H groups in total. The van der Waals surface area contributed by atoms with Crippen LogP contribution in [0.2, 0.25) is 5.02 Å². The molecule has 4 rings (SSSR count). The number of hydrogen-bond donors (Lipinski definition) is 1. The van der Waals surface area contributed by atoms with Gasteiger partial charge in [-0.15, -0.1) is 0 Å². The van der Waals surface area contributed by atoms with E-state index in [2.05, 4.69) is 20.2 Å². The molecule has 3 aromatic rings. The van der Waals surface area contributed by atoms with E-state index in [4.69, 9.17) is 11.6 Å². The molecule has 1 saturated heterocycles. The number of carbonyl (C=O) groups excluding carboxylic acids is 2. The lowest BCUT2D eigenvalue weighted by atomic mass is 10.2. The Kier molecular flexibility index (Phi) is 6.99. The topological polar surface area (TPSA) is 78.4 Å². The van der Waals surface area contributed by atoms with E-state index in [1.54, 1.807) is 29.7 Å². The fourth-order valence-electron chi connectivity index (χ4n) is 3.52. The zero-order chi connectivity index (χ0) is 21.6. The maximum absolute atomic E-state index is 12.6. The summed E-state index contributed by atoms with van der Waals surface area (Å²) < 4.78 is 0. The molecule has 0 unspecified atom stereocenters. The molecule has 1 aromatic carbocycles. The lowest BCUT2D eigenvalue weighted by Gasteiger charge is -2.21. The van der Waals surface area contributed by atoms with Crippen molar-refractivity contribution < 1.29 is 9.59 Å². The van der Waals surface area contributed by atoms with E-state index in [1.807, 2.05) is 29.2 Å². The van der Waals surface area contributed by atoms with Crippen molar-refractivity contribution in [3.63, 3.8) is 0 Å². The number of anilines is 1. The number of halogens is 1. The van der Waals surface area contributed by atoms with Crippen LogP contribution in [0.5, 0.6) is 0 Å². The Morgan fingerprint density at radius 1 is 1.06 bits per heavy atom. The van der Waals surface area contributed by atoms with Crippen molar-refractivity contribution in [2.75, 3.05) is 31.1 Å². The first kappa shape index (κ1) is 21.5. The normalized spacial score (nSPS) is 14.5. The van der Waals surface area contributed by atoms with Gasteiger partial charge in [0.2, 0.25) is 11.8 Å². The number of aromatic nitrogens is 2. The Morgan fingerprint density at radius 3 is 2.71 bits per heavy atom. The molecule has 2 aromatic heterocycles. The van der Waals surface area contributed by atoms with Gasteiger partial charge in [0.1, 0.15) is 10.3 Å². The number of carbonyl (C=O) groups is 2. The molecular weight excluding hydrogens is 434 g/mol. The quantitative estimate of drug-likeness (QED) is 0.613. The molecule has 2 amide bonds. The van der Waals surface area contributed by atoms with Crippen LogP contribution >= 0.6 is 22.9 Å². The summed E-state index contributed by atoms with van der Waals surface area (Å²) in [5.41, 5.74) is 1.88. The summed E-state index contributed by atoms with van der Waals surface area (Å²) in [6, 6.07) is 11.2. The molecule has 162 valence electrons. The molecule has 0 saturated carbocycles. The Hall–Kier alpha value is -2.71. The number of nitrogens with zero attached hydrogens (tertiary/aromatic N) is 4. The molecule has 0 aliphatic carbocycles. The zero-order valence-corrected chi connectivity index (χ0v) is 18.7. The lowest BCUT2D eigenvalue weighted by molar-refractivity contribution is -0.133. The second kappa shape index (κ2) is 10.1. The van der Waals surface area contributed by atoms with E-state index in [0.717, 1.165) is 40.6 Å². The molecule has 9 heteroatoms. The average Bonchev–Trinajstić information content (AvgIpc) is 3.06. The van der Waals surface area contributed by atoms with Crippen LogP contribution < -0.4 is 10.2 Å². The summed E-state index contributed by atoms with van der Waals surface area (Å²) in [4.78, 5) is 38.8. The third-order valence-electron chi connectivity index (χ3n) is 5.24. The van der Waals surface area contributed by atoms with Crippen LogP contribution in [0, 0.1) is 0 Å². The number of fused-ring (bicyclic) bond motifs is 1. The predicted molar refractivity (Wildman–Crippen MR) is 123 cm³/mol. The summed E-state index contributed by atoms with van der Waals surface area (Å²) in [7, 11) is 0. The number of rotatable bonds is 6. The van der Waals surface area contributed by atoms with E-state index < -0.39 is 0 Å². The largest absolute Gasteiger partial charge is 0.352 e. The average molecular weight is 458 g/mol. The molecule has 0 radical (unpaired) electrons. The Morgan fingerprint density at radius 2 is 1.90 bits per heavy atom. The summed E-state index contributed by atoms with van der Waals surface area (Å²) >= 11 is 7.45. The molecule has 1 aliphatic rings. The van der Waals surface area contributed by atoms with Gasteiger partial charge < -0.3 is 15.1 Å². The first-order chi connectivity index (χ1) is 15.1. The Labute approximate surface area is 190 Å². The van der Waals surface area contributed by atoms with Gasteiger partial charge in [-0.2, -0.15) is 0 Å². The fourth-order valence-corrected chi connectivity index (χ4v) is 4.61. The third kappa shape index (κ3) is 5.71. The molecule has 31 heavy (non-hydrogen) atoms. The van der Waals surface area contributed by atoms with Crippen molar-refractivity contribution in [2.24, 2.45) is 0 Å². The van der Waals surface area contributed by atoms with Crippen molar-refractivity contribution in [3.8, 4) is 0 Å². The van der Waals surface area contributed by atoms with Gasteiger partial charge in [0.25, 0.3) is 0 Å². The second-order valence-corrected chi connectivity index (χ2v) is 8.84. The van der Waals surface area contributed by atoms with Gasteiger partial charge in [-0.3, -0.25) is 9.59 Å². The summed E-state index contributed by atoms with van der Waals surface area (Å²) in [6.45, 7) is 3.35. The smallest absolute Gasteiger partial charge is 0.223 e. The monoisotopic (exact) mass is 457 g/mol. The number of amides is 2. The van der Waals surface area contributed by atoms with Gasteiger partial charge in [0, 0.05) is 56.8 Å². The van der Waals surface area contributed by atoms with Crippen molar-refractivity contribution in [1.82, 2.24) is 20.2 Å². The zero-order valence-electron chi connectivity index (χ0n) is 17.1. The molecule has 0 bridgehead atoms. The van der Waals surface area contributed by atoms with E-state index in [-0.39, 0.29) is 24.7 Å². The molecular formula is C22H24ClN5O2S. The van der Waals surface area contributed by atoms with Crippen molar-refractivity contribution in [2.45, 2.75) is 25.8 Å². The number of benzene rings is 1. The minimum absolute atomic E-state index is 0.0226. The highest BCUT2D eigenvalue weighted by Gasteiger charge is 2.21. The maximum Gasteiger partial charge on any atom is 0.223 e. The highest BCUT2D eigenvalue weighted by atomic mass is 35.5. The lowest BCUT2D eigenvalue weighted by Crippen LogP contribution is -2.36. The van der Waals surface area contributed by atoms with Gasteiger partial charge >= 0.3 is 0 Å². The minimum atomic E-state index is -0.123. The van der Waals surface area contributed by atoms with E-state index in [1.165, 1.54) is 0 Å². The van der Waals surface area contributed by atoms with Crippen LogP contribution in [-0.2, 0) is 16.1 Å². The second-order valence-electron chi connectivity index (χ2n) is 7.45. The fraction of sp³-hybridized carbons (Fsp3) is 0.364. The number of nitrogens with one attached hydrogen (secondary N) is 1. The Balaban J connectivity index is 1.23. The van der Waals surface area contributed by atoms with Gasteiger partial charge in [-0.1, -0.05) is 35.1 Å². The first-order valence-electron chi connectivity index (χ1n) is 10.3. The van der Waals surface area contributed by atoms with Crippen molar-refractivity contribution >= 4 is 50.2 Å². The predicted octanol–water partition coefficient (Wildman–Crippen LogP) is 3.48. The molecule has 7 nitrogen and oxygen atoms in total. The van der Waals surface area contributed by atoms with E-state index in [9.17, 15) is 9.59 Å². The van der Waals surface area contributed by atoms with Gasteiger partial charge in [-0.25, -0.2) is 9.97 Å². The molecule has 1 fully saturated rings. The maximum atomic E-state index is 12.6. The van der Waals surface area contributed by atoms with Crippen LogP contribution in [0.4, 0.5) is 5.13 Å². The Bertz CT molecular complexity index is 1020. The van der Waals surface area contributed by atoms with Crippen LogP contribution in [-0.4, -0.2) is 52.9 Å². The van der Waals surface area contributed by atoms with Crippen molar-refractivity contribution in [1.29, 1.82) is 0 Å². The molecule has 0 atom stereocenters.